The quantitative estimate of drug-likeness (QED) is 0.452. The summed E-state index contributed by atoms with van der Waals surface area (Å²) in [5.41, 5.74) is 4.07. The van der Waals surface area contributed by atoms with Crippen molar-refractivity contribution in [3.05, 3.63) is 70.5 Å². The van der Waals surface area contributed by atoms with Crippen molar-refractivity contribution in [3.63, 3.8) is 0 Å². The van der Waals surface area contributed by atoms with Crippen molar-refractivity contribution in [1.29, 1.82) is 0 Å². The Hall–Kier alpha value is -3.19. The van der Waals surface area contributed by atoms with Gasteiger partial charge in [-0.05, 0) is 35.7 Å². The fraction of sp³-hybridized carbons (Fsp3) is 0.143. The molecule has 0 amide bonds. The number of alkyl halides is 2. The highest BCUT2D eigenvalue weighted by atomic mass is 35.5. The van der Waals surface area contributed by atoms with Crippen LogP contribution in [0.4, 0.5) is 8.78 Å². The number of hydrogen-bond donors (Lipinski definition) is 2. The standard InChI is InChI=1S/C21H16ClF2N3O2/c1-11-15(8-12-2-4-13(5-3-12)14-9-25-26-10-14)20(29-21(23)24)27-19-16(22)6-7-17(28)18(11)19/h2-7,9-10,21,28H,8H2,1H3,(H,25,26). The molecular formula is C21H16ClF2N3O2. The van der Waals surface area contributed by atoms with Crippen molar-refractivity contribution >= 4 is 22.5 Å². The van der Waals surface area contributed by atoms with E-state index >= 15 is 0 Å². The smallest absolute Gasteiger partial charge is 0.388 e. The molecule has 5 nitrogen and oxygen atoms in total. The highest BCUT2D eigenvalue weighted by Gasteiger charge is 2.20. The van der Waals surface area contributed by atoms with E-state index in [0.717, 1.165) is 16.7 Å². The first-order chi connectivity index (χ1) is 13.9. The fourth-order valence-corrected chi connectivity index (χ4v) is 3.53. The maximum absolute atomic E-state index is 13.0. The molecule has 4 rings (SSSR count). The summed E-state index contributed by atoms with van der Waals surface area (Å²) in [4.78, 5) is 4.18. The fourth-order valence-electron chi connectivity index (χ4n) is 3.33. The van der Waals surface area contributed by atoms with Crippen LogP contribution in [0, 0.1) is 6.92 Å². The number of ether oxygens (including phenoxy) is 1. The minimum absolute atomic E-state index is 0.0189. The molecule has 4 aromatic rings. The second-order valence-electron chi connectivity index (χ2n) is 6.55. The number of aromatic amines is 1. The Balaban J connectivity index is 1.79. The molecule has 0 fully saturated rings. The lowest BCUT2D eigenvalue weighted by molar-refractivity contribution is -0.0532. The minimum Gasteiger partial charge on any atom is -0.507 e. The molecule has 2 aromatic heterocycles. The van der Waals surface area contributed by atoms with E-state index in [9.17, 15) is 13.9 Å². The second-order valence-corrected chi connectivity index (χ2v) is 6.96. The summed E-state index contributed by atoms with van der Waals surface area (Å²) in [5, 5.41) is 17.6. The molecule has 0 saturated carbocycles. The van der Waals surface area contributed by atoms with Crippen LogP contribution in [0.1, 0.15) is 16.7 Å². The van der Waals surface area contributed by atoms with E-state index in [1.165, 1.54) is 12.1 Å². The molecule has 148 valence electrons. The van der Waals surface area contributed by atoms with Crippen molar-refractivity contribution in [2.45, 2.75) is 20.0 Å². The first-order valence-electron chi connectivity index (χ1n) is 8.77. The Bertz CT molecular complexity index is 1160. The Morgan fingerprint density at radius 2 is 1.90 bits per heavy atom. The Labute approximate surface area is 169 Å². The van der Waals surface area contributed by atoms with E-state index in [0.29, 0.717) is 22.9 Å². The maximum Gasteiger partial charge on any atom is 0.388 e. The summed E-state index contributed by atoms with van der Waals surface area (Å²) < 4.78 is 30.7. The largest absolute Gasteiger partial charge is 0.507 e. The molecule has 0 saturated heterocycles. The van der Waals surface area contributed by atoms with Crippen LogP contribution in [-0.4, -0.2) is 26.9 Å². The molecule has 0 atom stereocenters. The third kappa shape index (κ3) is 3.73. The number of benzene rings is 2. The Morgan fingerprint density at radius 1 is 1.14 bits per heavy atom. The van der Waals surface area contributed by atoms with Gasteiger partial charge in [0, 0.05) is 29.1 Å². The number of aryl methyl sites for hydroxylation is 1. The van der Waals surface area contributed by atoms with E-state index in [4.69, 9.17) is 11.6 Å². The highest BCUT2D eigenvalue weighted by molar-refractivity contribution is 6.35. The first-order valence-corrected chi connectivity index (χ1v) is 9.15. The lowest BCUT2D eigenvalue weighted by Crippen LogP contribution is -2.09. The number of hydrogen-bond acceptors (Lipinski definition) is 4. The molecule has 29 heavy (non-hydrogen) atoms. The van der Waals surface area contributed by atoms with Crippen LogP contribution in [0.25, 0.3) is 22.0 Å². The van der Waals surface area contributed by atoms with Crippen LogP contribution >= 0.6 is 11.6 Å². The summed E-state index contributed by atoms with van der Waals surface area (Å²) in [5.74, 6) is -0.217. The number of rotatable bonds is 5. The van der Waals surface area contributed by atoms with E-state index < -0.39 is 6.61 Å². The number of nitrogens with zero attached hydrogens (tertiary/aromatic N) is 2. The van der Waals surface area contributed by atoms with Crippen LogP contribution in [0.2, 0.25) is 5.02 Å². The number of pyridine rings is 1. The number of fused-ring (bicyclic) bond motifs is 1. The van der Waals surface area contributed by atoms with Gasteiger partial charge in [0.1, 0.15) is 5.75 Å². The zero-order valence-corrected chi connectivity index (χ0v) is 16.0. The van der Waals surface area contributed by atoms with Gasteiger partial charge in [-0.15, -0.1) is 0 Å². The average Bonchev–Trinajstić information content (AvgIpc) is 3.22. The predicted molar refractivity (Wildman–Crippen MR) is 107 cm³/mol. The number of phenols is 1. The maximum atomic E-state index is 13.0. The van der Waals surface area contributed by atoms with Crippen molar-refractivity contribution in [1.82, 2.24) is 15.2 Å². The minimum atomic E-state index is -3.03. The predicted octanol–water partition coefficient (Wildman–Crippen LogP) is 5.48. The Morgan fingerprint density at radius 3 is 2.55 bits per heavy atom. The molecule has 2 N–H and O–H groups in total. The number of phenolic OH excluding ortho intramolecular Hbond substituents is 1. The molecule has 0 aliphatic heterocycles. The number of halogens is 3. The van der Waals surface area contributed by atoms with Crippen LogP contribution < -0.4 is 4.74 Å². The summed E-state index contributed by atoms with van der Waals surface area (Å²) in [6.45, 7) is -1.30. The lowest BCUT2D eigenvalue weighted by atomic mass is 9.96. The summed E-state index contributed by atoms with van der Waals surface area (Å²) in [7, 11) is 0. The van der Waals surface area contributed by atoms with Gasteiger partial charge in [-0.1, -0.05) is 35.9 Å². The van der Waals surface area contributed by atoms with Crippen LogP contribution in [-0.2, 0) is 6.42 Å². The van der Waals surface area contributed by atoms with Gasteiger partial charge in [0.15, 0.2) is 0 Å². The third-order valence-electron chi connectivity index (χ3n) is 4.77. The van der Waals surface area contributed by atoms with Crippen molar-refractivity contribution < 1.29 is 18.6 Å². The topological polar surface area (TPSA) is 71.0 Å². The molecule has 8 heteroatoms. The van der Waals surface area contributed by atoms with Crippen LogP contribution in [0.5, 0.6) is 11.6 Å². The number of nitrogens with one attached hydrogen (secondary N) is 1. The molecule has 2 heterocycles. The number of aromatic hydroxyl groups is 1. The Kier molecular flexibility index (Phi) is 5.07. The van der Waals surface area contributed by atoms with Gasteiger partial charge in [-0.3, -0.25) is 5.10 Å². The van der Waals surface area contributed by atoms with Gasteiger partial charge in [-0.25, -0.2) is 4.98 Å². The van der Waals surface area contributed by atoms with E-state index in [1.54, 1.807) is 19.3 Å². The van der Waals surface area contributed by atoms with E-state index in [1.807, 2.05) is 24.3 Å². The van der Waals surface area contributed by atoms with Gasteiger partial charge >= 0.3 is 6.61 Å². The zero-order chi connectivity index (χ0) is 20.5. The molecule has 0 spiro atoms. The lowest BCUT2D eigenvalue weighted by Gasteiger charge is -2.16. The number of H-pyrrole nitrogens is 1. The third-order valence-corrected chi connectivity index (χ3v) is 5.08. The summed E-state index contributed by atoms with van der Waals surface area (Å²) in [6.07, 6.45) is 3.80. The van der Waals surface area contributed by atoms with Gasteiger partial charge in [0.25, 0.3) is 0 Å². The van der Waals surface area contributed by atoms with Gasteiger partial charge < -0.3 is 9.84 Å². The molecule has 0 unspecified atom stereocenters. The molecule has 2 aromatic carbocycles. The van der Waals surface area contributed by atoms with Crippen molar-refractivity contribution in [2.24, 2.45) is 0 Å². The van der Waals surface area contributed by atoms with Gasteiger partial charge in [0.2, 0.25) is 5.88 Å². The van der Waals surface area contributed by atoms with Crippen molar-refractivity contribution in [3.8, 4) is 22.8 Å². The van der Waals surface area contributed by atoms with Gasteiger partial charge in [0.05, 0.1) is 16.7 Å². The summed E-state index contributed by atoms with van der Waals surface area (Å²) >= 11 is 6.16. The molecular weight excluding hydrogens is 400 g/mol. The molecule has 0 radical (unpaired) electrons. The number of aromatic nitrogens is 3. The van der Waals surface area contributed by atoms with E-state index in [-0.39, 0.29) is 22.2 Å². The molecule has 0 aliphatic carbocycles. The zero-order valence-electron chi connectivity index (χ0n) is 15.3. The second kappa shape index (κ2) is 7.67. The summed E-state index contributed by atoms with van der Waals surface area (Å²) in [6, 6.07) is 10.6. The molecule has 0 bridgehead atoms. The normalized spacial score (nSPS) is 11.3. The van der Waals surface area contributed by atoms with Crippen molar-refractivity contribution in [2.75, 3.05) is 0 Å². The van der Waals surface area contributed by atoms with Crippen LogP contribution in [0.3, 0.4) is 0 Å². The van der Waals surface area contributed by atoms with Crippen LogP contribution in [0.15, 0.2) is 48.8 Å². The van der Waals surface area contributed by atoms with Gasteiger partial charge in [-0.2, -0.15) is 13.9 Å². The average molecular weight is 416 g/mol. The monoisotopic (exact) mass is 415 g/mol. The first kappa shape index (κ1) is 19.1. The van der Waals surface area contributed by atoms with E-state index in [2.05, 4.69) is 19.9 Å². The highest BCUT2D eigenvalue weighted by Crippen LogP contribution is 2.38. The molecule has 0 aliphatic rings. The SMILES string of the molecule is Cc1c(Cc2ccc(-c3cn[nH]c3)cc2)c(OC(F)F)nc2c(Cl)ccc(O)c12.